The number of rotatable bonds is 4. The minimum atomic E-state index is 0.188. The number of hydrogen-bond acceptors (Lipinski definition) is 1. The molecule has 1 atom stereocenters. The fourth-order valence-corrected chi connectivity index (χ4v) is 3.65. The molecule has 0 amide bonds. The molecular formula is C16H15Cl4N. The molecule has 0 radical (unpaired) electrons. The lowest BCUT2D eigenvalue weighted by Crippen LogP contribution is -2.17. The Morgan fingerprint density at radius 1 is 0.952 bits per heavy atom. The molecule has 0 saturated carbocycles. The van der Waals surface area contributed by atoms with E-state index < -0.39 is 0 Å². The van der Waals surface area contributed by atoms with Gasteiger partial charge in [0.1, 0.15) is 0 Å². The van der Waals surface area contributed by atoms with Crippen molar-refractivity contribution < 1.29 is 0 Å². The van der Waals surface area contributed by atoms with Crippen LogP contribution >= 0.6 is 46.4 Å². The van der Waals surface area contributed by atoms with Gasteiger partial charge < -0.3 is 5.32 Å². The largest absolute Gasteiger partial charge is 0.310 e. The Labute approximate surface area is 145 Å². The molecule has 2 rings (SSSR count). The highest BCUT2D eigenvalue weighted by atomic mass is 35.5. The van der Waals surface area contributed by atoms with E-state index >= 15 is 0 Å². The molecule has 0 aliphatic rings. The lowest BCUT2D eigenvalue weighted by atomic mass is 10.0. The van der Waals surface area contributed by atoms with Crippen LogP contribution in [0.3, 0.4) is 0 Å². The van der Waals surface area contributed by atoms with Gasteiger partial charge in [0.15, 0.2) is 0 Å². The highest BCUT2D eigenvalue weighted by Crippen LogP contribution is 2.39. The van der Waals surface area contributed by atoms with Crippen LogP contribution < -0.4 is 5.32 Å². The predicted molar refractivity (Wildman–Crippen MR) is 94.0 cm³/mol. The Balaban J connectivity index is 2.46. The van der Waals surface area contributed by atoms with Gasteiger partial charge in [-0.1, -0.05) is 65.5 Å². The first-order valence-electron chi connectivity index (χ1n) is 6.61. The summed E-state index contributed by atoms with van der Waals surface area (Å²) in [4.78, 5) is 0. The third-order valence-corrected chi connectivity index (χ3v) is 4.41. The molecule has 0 spiro atoms. The van der Waals surface area contributed by atoms with Gasteiger partial charge in [0.05, 0.1) is 10.0 Å². The van der Waals surface area contributed by atoms with E-state index in [1.165, 1.54) is 0 Å². The third kappa shape index (κ3) is 3.85. The van der Waals surface area contributed by atoms with Gasteiger partial charge in [-0.2, -0.15) is 0 Å². The monoisotopic (exact) mass is 361 g/mol. The van der Waals surface area contributed by atoms with E-state index in [-0.39, 0.29) is 6.04 Å². The first kappa shape index (κ1) is 16.9. The van der Waals surface area contributed by atoms with Gasteiger partial charge in [-0.25, -0.2) is 0 Å². The van der Waals surface area contributed by atoms with Gasteiger partial charge in [-0.15, -0.1) is 0 Å². The average Bonchev–Trinajstić information content (AvgIpc) is 2.37. The lowest BCUT2D eigenvalue weighted by molar-refractivity contribution is 0.598. The Bertz CT molecular complexity index is 632. The van der Waals surface area contributed by atoms with Crippen molar-refractivity contribution in [1.82, 2.24) is 5.32 Å². The maximum absolute atomic E-state index is 6.39. The lowest BCUT2D eigenvalue weighted by Gasteiger charge is -2.16. The van der Waals surface area contributed by atoms with Crippen molar-refractivity contribution in [2.45, 2.75) is 19.9 Å². The van der Waals surface area contributed by atoms with Crippen LogP contribution in [0.4, 0.5) is 0 Å². The highest BCUT2D eigenvalue weighted by molar-refractivity contribution is 6.42. The van der Waals surface area contributed by atoms with Crippen molar-refractivity contribution in [2.24, 2.45) is 0 Å². The summed E-state index contributed by atoms with van der Waals surface area (Å²) in [6, 6.07) is 9.38. The van der Waals surface area contributed by atoms with Gasteiger partial charge in [0.25, 0.3) is 0 Å². The standard InChI is InChI=1S/C16H15Cl4N/c1-3-21-9(2)12-5-4-10(6-13(12)18)16-14(19)7-11(17)8-15(16)20/h4-9,21H,3H2,1-2H3. The summed E-state index contributed by atoms with van der Waals surface area (Å²) < 4.78 is 0. The Kier molecular flexibility index (Phi) is 5.81. The molecule has 2 aromatic rings. The summed E-state index contributed by atoms with van der Waals surface area (Å²) in [6.45, 7) is 5.02. The van der Waals surface area contributed by atoms with Crippen LogP contribution in [0.1, 0.15) is 25.5 Å². The minimum absolute atomic E-state index is 0.188. The molecule has 5 heteroatoms. The summed E-state index contributed by atoms with van der Waals surface area (Å²) in [7, 11) is 0. The zero-order chi connectivity index (χ0) is 15.6. The van der Waals surface area contributed by atoms with Crippen molar-refractivity contribution in [3.05, 3.63) is 56.0 Å². The minimum Gasteiger partial charge on any atom is -0.310 e. The molecule has 1 unspecified atom stereocenters. The topological polar surface area (TPSA) is 12.0 Å². The number of nitrogens with one attached hydrogen (secondary N) is 1. The molecule has 2 aromatic carbocycles. The second-order valence-electron chi connectivity index (χ2n) is 4.76. The molecule has 0 heterocycles. The van der Waals surface area contributed by atoms with E-state index in [0.29, 0.717) is 20.1 Å². The quantitative estimate of drug-likeness (QED) is 0.642. The smallest absolute Gasteiger partial charge is 0.0514 e. The van der Waals surface area contributed by atoms with Crippen molar-refractivity contribution in [3.63, 3.8) is 0 Å². The molecular weight excluding hydrogens is 348 g/mol. The maximum atomic E-state index is 6.39. The summed E-state index contributed by atoms with van der Waals surface area (Å²) in [6.07, 6.45) is 0. The second-order valence-corrected chi connectivity index (χ2v) is 6.42. The third-order valence-electron chi connectivity index (χ3n) is 3.27. The summed E-state index contributed by atoms with van der Waals surface area (Å²) in [5.74, 6) is 0. The molecule has 0 aliphatic carbocycles. The maximum Gasteiger partial charge on any atom is 0.0514 e. The predicted octanol–water partition coefficient (Wildman–Crippen LogP) is 6.64. The van der Waals surface area contributed by atoms with E-state index in [9.17, 15) is 0 Å². The van der Waals surface area contributed by atoms with Gasteiger partial charge in [-0.3, -0.25) is 0 Å². The summed E-state index contributed by atoms with van der Waals surface area (Å²) >= 11 is 24.8. The Morgan fingerprint density at radius 2 is 1.57 bits per heavy atom. The van der Waals surface area contributed by atoms with Gasteiger partial charge in [0, 0.05) is 21.7 Å². The van der Waals surface area contributed by atoms with Crippen molar-refractivity contribution >= 4 is 46.4 Å². The Hall–Kier alpha value is -0.440. The van der Waals surface area contributed by atoms with E-state index in [1.54, 1.807) is 12.1 Å². The zero-order valence-corrected chi connectivity index (χ0v) is 14.7. The van der Waals surface area contributed by atoms with Crippen LogP contribution in [0.15, 0.2) is 30.3 Å². The first-order valence-corrected chi connectivity index (χ1v) is 8.13. The highest BCUT2D eigenvalue weighted by Gasteiger charge is 2.14. The summed E-state index contributed by atoms with van der Waals surface area (Å²) in [5, 5.41) is 5.55. The van der Waals surface area contributed by atoms with E-state index in [0.717, 1.165) is 23.2 Å². The molecule has 112 valence electrons. The van der Waals surface area contributed by atoms with Crippen LogP contribution in [0, 0.1) is 0 Å². The van der Waals surface area contributed by atoms with Crippen LogP contribution in [0.5, 0.6) is 0 Å². The van der Waals surface area contributed by atoms with Gasteiger partial charge >= 0.3 is 0 Å². The molecule has 1 N–H and O–H groups in total. The number of benzene rings is 2. The van der Waals surface area contributed by atoms with Crippen molar-refractivity contribution in [3.8, 4) is 11.1 Å². The zero-order valence-electron chi connectivity index (χ0n) is 11.7. The first-order chi connectivity index (χ1) is 9.93. The number of halogens is 4. The molecule has 0 aromatic heterocycles. The molecule has 21 heavy (non-hydrogen) atoms. The van der Waals surface area contributed by atoms with E-state index in [2.05, 4.69) is 19.2 Å². The fourth-order valence-electron chi connectivity index (χ4n) is 2.27. The van der Waals surface area contributed by atoms with Crippen molar-refractivity contribution in [1.29, 1.82) is 0 Å². The van der Waals surface area contributed by atoms with Crippen LogP contribution in [-0.2, 0) is 0 Å². The van der Waals surface area contributed by atoms with Crippen LogP contribution in [-0.4, -0.2) is 6.54 Å². The molecule has 0 aliphatic heterocycles. The van der Waals surface area contributed by atoms with Crippen molar-refractivity contribution in [2.75, 3.05) is 6.54 Å². The number of hydrogen-bond donors (Lipinski definition) is 1. The average molecular weight is 363 g/mol. The SMILES string of the molecule is CCNC(C)c1ccc(-c2c(Cl)cc(Cl)cc2Cl)cc1Cl. The molecule has 0 saturated heterocycles. The molecule has 0 bridgehead atoms. The summed E-state index contributed by atoms with van der Waals surface area (Å²) in [5.41, 5.74) is 2.66. The Morgan fingerprint density at radius 3 is 2.10 bits per heavy atom. The second kappa shape index (κ2) is 7.21. The van der Waals surface area contributed by atoms with E-state index in [1.807, 2.05) is 18.2 Å². The van der Waals surface area contributed by atoms with Gasteiger partial charge in [-0.05, 0) is 42.8 Å². The molecule has 0 fully saturated rings. The fraction of sp³-hybridized carbons (Fsp3) is 0.250. The normalized spacial score (nSPS) is 12.5. The van der Waals surface area contributed by atoms with E-state index in [4.69, 9.17) is 46.4 Å². The molecule has 1 nitrogen and oxygen atoms in total. The van der Waals surface area contributed by atoms with Crippen LogP contribution in [0.25, 0.3) is 11.1 Å². The van der Waals surface area contributed by atoms with Crippen LogP contribution in [0.2, 0.25) is 20.1 Å². The van der Waals surface area contributed by atoms with Gasteiger partial charge in [0.2, 0.25) is 0 Å².